The number of fused-ring (bicyclic) bond motifs is 2. The number of pyridine rings is 1. The van der Waals surface area contributed by atoms with Crippen LogP contribution in [0.15, 0.2) is 102 Å². The average Bonchev–Trinajstić information content (AvgIpc) is 3.53. The Morgan fingerprint density at radius 2 is 1.32 bits per heavy atom. The Labute approximate surface area is 258 Å². The summed E-state index contributed by atoms with van der Waals surface area (Å²) in [5, 5.41) is 0.403. The highest BCUT2D eigenvalue weighted by molar-refractivity contribution is 7.71. The molecule has 6 aromatic rings. The number of rotatable bonds is 6. The molecule has 7 rings (SSSR count). The minimum atomic E-state index is -0.296. The minimum Gasteiger partial charge on any atom is -0.497 e. The summed E-state index contributed by atoms with van der Waals surface area (Å²) in [5.74, 6) is 2.63. The van der Waals surface area contributed by atoms with Crippen molar-refractivity contribution >= 4 is 23.3 Å². The third-order valence-electron chi connectivity index (χ3n) is 7.70. The van der Waals surface area contributed by atoms with Gasteiger partial charge in [0.1, 0.15) is 11.5 Å². The van der Waals surface area contributed by atoms with Gasteiger partial charge in [-0.3, -0.25) is 13.9 Å². The normalized spacial score (nSPS) is 12.0. The molecule has 4 aromatic carbocycles. The van der Waals surface area contributed by atoms with Crippen LogP contribution in [0.3, 0.4) is 0 Å². The molecule has 0 unspecified atom stereocenters. The van der Waals surface area contributed by atoms with Gasteiger partial charge in [0.25, 0.3) is 5.56 Å². The highest BCUT2D eigenvalue weighted by Gasteiger charge is 2.22. The fourth-order valence-corrected chi connectivity index (χ4v) is 5.76. The van der Waals surface area contributed by atoms with Gasteiger partial charge in [-0.25, -0.2) is 4.98 Å². The zero-order valence-corrected chi connectivity index (χ0v) is 25.1. The largest absolute Gasteiger partial charge is 0.497 e. The second kappa shape index (κ2) is 11.0. The van der Waals surface area contributed by atoms with E-state index in [4.69, 9.17) is 36.1 Å². The van der Waals surface area contributed by atoms with Gasteiger partial charge in [0, 0.05) is 11.1 Å². The van der Waals surface area contributed by atoms with Gasteiger partial charge in [0.05, 0.1) is 36.7 Å². The van der Waals surface area contributed by atoms with E-state index in [1.54, 1.807) is 26.4 Å². The van der Waals surface area contributed by atoms with Gasteiger partial charge in [-0.2, -0.15) is 0 Å². The highest BCUT2D eigenvalue weighted by atomic mass is 32.1. The van der Waals surface area contributed by atoms with Gasteiger partial charge in [0.15, 0.2) is 21.9 Å². The quantitative estimate of drug-likeness (QED) is 0.186. The summed E-state index contributed by atoms with van der Waals surface area (Å²) in [5.41, 5.74) is 5.68. The van der Waals surface area contributed by atoms with E-state index in [1.807, 2.05) is 96.4 Å². The van der Waals surface area contributed by atoms with E-state index < -0.39 is 0 Å². The van der Waals surface area contributed by atoms with Crippen LogP contribution in [0.25, 0.3) is 44.8 Å². The van der Waals surface area contributed by atoms with Gasteiger partial charge < -0.3 is 18.9 Å². The number of hydrogen-bond acceptors (Lipinski definition) is 7. The van der Waals surface area contributed by atoms with Gasteiger partial charge in [-0.05, 0) is 91.4 Å². The molecule has 1 aliphatic heterocycles. The molecule has 0 bridgehead atoms. The SMILES string of the molecule is COc1ccc(-n2c(=O)c3c(-c4ccc5c(c4)OCO5)cc(-c4ccc(C)cc4)nc3n(-c3ccc(OC)cc3)c2=S)cc1. The third kappa shape index (κ3) is 4.67. The number of hydrogen-bond donors (Lipinski definition) is 0. The van der Waals surface area contributed by atoms with Crippen LogP contribution >= 0.6 is 12.2 Å². The Kier molecular flexibility index (Phi) is 6.87. The molecule has 218 valence electrons. The lowest BCUT2D eigenvalue weighted by atomic mass is 9.99. The van der Waals surface area contributed by atoms with Crippen molar-refractivity contribution in [1.82, 2.24) is 14.1 Å². The lowest BCUT2D eigenvalue weighted by Crippen LogP contribution is -2.25. The van der Waals surface area contributed by atoms with Crippen LogP contribution in [-0.2, 0) is 0 Å². The van der Waals surface area contributed by atoms with E-state index in [-0.39, 0.29) is 17.1 Å². The fourth-order valence-electron chi connectivity index (χ4n) is 5.38. The molecule has 44 heavy (non-hydrogen) atoms. The Bertz CT molecular complexity index is 2150. The maximum absolute atomic E-state index is 14.6. The first-order chi connectivity index (χ1) is 21.4. The highest BCUT2D eigenvalue weighted by Crippen LogP contribution is 2.39. The molecule has 0 atom stereocenters. The van der Waals surface area contributed by atoms with Gasteiger partial charge in [0.2, 0.25) is 6.79 Å². The van der Waals surface area contributed by atoms with Crippen molar-refractivity contribution in [2.75, 3.05) is 21.0 Å². The monoisotopic (exact) mass is 601 g/mol. The summed E-state index contributed by atoms with van der Waals surface area (Å²) in [6.45, 7) is 2.18. The van der Waals surface area contributed by atoms with Crippen molar-refractivity contribution < 1.29 is 18.9 Å². The summed E-state index contributed by atoms with van der Waals surface area (Å²) in [6.07, 6.45) is 0. The molecule has 0 saturated carbocycles. The predicted octanol–water partition coefficient (Wildman–Crippen LogP) is 7.29. The molecule has 0 radical (unpaired) electrons. The zero-order valence-electron chi connectivity index (χ0n) is 24.2. The van der Waals surface area contributed by atoms with Crippen molar-refractivity contribution in [3.8, 4) is 56.8 Å². The Hall–Kier alpha value is -5.41. The van der Waals surface area contributed by atoms with Crippen LogP contribution in [0.5, 0.6) is 23.0 Å². The molecule has 3 heterocycles. The van der Waals surface area contributed by atoms with Crippen LogP contribution in [0.2, 0.25) is 0 Å². The molecule has 0 N–H and O–H groups in total. The smallest absolute Gasteiger partial charge is 0.269 e. The molecule has 0 fully saturated rings. The van der Waals surface area contributed by atoms with Crippen molar-refractivity contribution in [3.05, 3.63) is 118 Å². The van der Waals surface area contributed by atoms with Gasteiger partial charge in [-0.15, -0.1) is 0 Å². The standard InChI is InChI=1S/C35H27N3O5S/c1-21-4-6-22(7-5-21)29-19-28(23-8-17-30-31(18-23)43-20-42-30)32-33(36-29)37(24-9-13-26(40-2)14-10-24)35(44)38(34(32)39)25-11-15-27(41-3)16-12-25/h4-19H,20H2,1-3H3. The summed E-state index contributed by atoms with van der Waals surface area (Å²) in [6, 6.07) is 30.5. The predicted molar refractivity (Wildman–Crippen MR) is 172 cm³/mol. The summed E-state index contributed by atoms with van der Waals surface area (Å²) < 4.78 is 25.7. The number of methoxy groups -OCH3 is 2. The van der Waals surface area contributed by atoms with E-state index in [1.165, 1.54) is 4.57 Å². The molecular weight excluding hydrogens is 574 g/mol. The summed E-state index contributed by atoms with van der Waals surface area (Å²) in [7, 11) is 3.22. The van der Waals surface area contributed by atoms with Crippen LogP contribution in [0, 0.1) is 11.7 Å². The Morgan fingerprint density at radius 3 is 1.95 bits per heavy atom. The zero-order chi connectivity index (χ0) is 30.4. The topological polar surface area (TPSA) is 76.7 Å². The van der Waals surface area contributed by atoms with Gasteiger partial charge >= 0.3 is 0 Å². The van der Waals surface area contributed by atoms with Crippen molar-refractivity contribution in [2.45, 2.75) is 6.92 Å². The molecule has 0 aliphatic carbocycles. The van der Waals surface area contributed by atoms with Gasteiger partial charge in [-0.1, -0.05) is 35.9 Å². The molecular formula is C35H27N3O5S. The molecule has 2 aromatic heterocycles. The van der Waals surface area contributed by atoms with E-state index in [0.717, 1.165) is 22.4 Å². The van der Waals surface area contributed by atoms with Crippen molar-refractivity contribution in [1.29, 1.82) is 0 Å². The first-order valence-corrected chi connectivity index (χ1v) is 14.3. The molecule has 0 saturated heterocycles. The Morgan fingerprint density at radius 1 is 0.727 bits per heavy atom. The number of benzene rings is 4. The average molecular weight is 602 g/mol. The number of nitrogens with zero attached hydrogens (tertiary/aromatic N) is 3. The molecule has 8 nitrogen and oxygen atoms in total. The molecule has 1 aliphatic rings. The first kappa shape index (κ1) is 27.4. The number of ether oxygens (including phenoxy) is 4. The summed E-state index contributed by atoms with van der Waals surface area (Å²) in [4.78, 5) is 19.8. The van der Waals surface area contributed by atoms with E-state index >= 15 is 0 Å². The maximum atomic E-state index is 14.6. The first-order valence-electron chi connectivity index (χ1n) is 13.9. The molecule has 9 heteroatoms. The van der Waals surface area contributed by atoms with E-state index in [9.17, 15) is 4.79 Å². The van der Waals surface area contributed by atoms with E-state index in [2.05, 4.69) is 0 Å². The lowest BCUT2D eigenvalue weighted by Gasteiger charge is -2.19. The second-order valence-corrected chi connectivity index (χ2v) is 10.7. The van der Waals surface area contributed by atoms with Crippen LogP contribution in [0.1, 0.15) is 5.56 Å². The Balaban J connectivity index is 1.62. The van der Waals surface area contributed by atoms with E-state index in [0.29, 0.717) is 51.0 Å². The minimum absolute atomic E-state index is 0.144. The number of aryl methyl sites for hydroxylation is 1. The van der Waals surface area contributed by atoms with Crippen LogP contribution < -0.4 is 24.5 Å². The fraction of sp³-hybridized carbons (Fsp3) is 0.114. The van der Waals surface area contributed by atoms with Crippen molar-refractivity contribution in [3.63, 3.8) is 0 Å². The van der Waals surface area contributed by atoms with Crippen molar-refractivity contribution in [2.24, 2.45) is 0 Å². The molecule has 0 amide bonds. The maximum Gasteiger partial charge on any atom is 0.269 e. The number of aromatic nitrogens is 3. The van der Waals surface area contributed by atoms with Crippen LogP contribution in [0.4, 0.5) is 0 Å². The van der Waals surface area contributed by atoms with Crippen LogP contribution in [-0.4, -0.2) is 35.1 Å². The lowest BCUT2D eigenvalue weighted by molar-refractivity contribution is 0.174. The second-order valence-electron chi connectivity index (χ2n) is 10.3. The summed E-state index contributed by atoms with van der Waals surface area (Å²) >= 11 is 6.08. The third-order valence-corrected chi connectivity index (χ3v) is 8.07. The molecule has 0 spiro atoms.